The van der Waals surface area contributed by atoms with Crippen LogP contribution in [-0.4, -0.2) is 24.5 Å². The van der Waals surface area contributed by atoms with E-state index in [2.05, 4.69) is 4.90 Å². The molecule has 2 bridgehead atoms. The molecule has 2 saturated heterocycles. The van der Waals surface area contributed by atoms with Crippen LogP contribution >= 0.6 is 0 Å². The summed E-state index contributed by atoms with van der Waals surface area (Å²) in [6.07, 6.45) is 9.16. The van der Waals surface area contributed by atoms with Gasteiger partial charge in [-0.05, 0) is 50.0 Å². The van der Waals surface area contributed by atoms with Crippen LogP contribution in [0.3, 0.4) is 0 Å². The molecule has 3 fully saturated rings. The number of nitrogens with zero attached hydrogens (tertiary/aromatic N) is 1. The standard InChI is InChI=1S/C12H21N/c1-2-6-12-10(4-1)8-13-7-3-5-11(12)9-13/h10-12H,1-9H2. The van der Waals surface area contributed by atoms with Crippen molar-refractivity contribution in [1.29, 1.82) is 0 Å². The normalized spacial score (nSPS) is 49.8. The number of hydrogen-bond donors (Lipinski definition) is 0. The highest BCUT2D eigenvalue weighted by atomic mass is 15.1. The Balaban J connectivity index is 1.77. The van der Waals surface area contributed by atoms with Gasteiger partial charge < -0.3 is 4.90 Å². The predicted octanol–water partition coefficient (Wildman–Crippen LogP) is 2.52. The van der Waals surface area contributed by atoms with E-state index in [1.54, 1.807) is 6.42 Å². The van der Waals surface area contributed by atoms with E-state index in [0.29, 0.717) is 0 Å². The maximum Gasteiger partial charge on any atom is 0.00125 e. The molecule has 1 heteroatoms. The zero-order chi connectivity index (χ0) is 8.67. The van der Waals surface area contributed by atoms with Crippen molar-refractivity contribution in [3.8, 4) is 0 Å². The third kappa shape index (κ3) is 1.41. The predicted molar refractivity (Wildman–Crippen MR) is 54.6 cm³/mol. The van der Waals surface area contributed by atoms with Crippen molar-refractivity contribution in [3.05, 3.63) is 0 Å². The molecule has 0 aromatic carbocycles. The van der Waals surface area contributed by atoms with Crippen molar-refractivity contribution in [2.24, 2.45) is 17.8 Å². The van der Waals surface area contributed by atoms with Gasteiger partial charge in [-0.25, -0.2) is 0 Å². The SMILES string of the molecule is C1CCC2C(C1)CN1CCCC2C1. The Labute approximate surface area is 81.5 Å². The Bertz CT molecular complexity index is 186. The minimum Gasteiger partial charge on any atom is -0.303 e. The Hall–Kier alpha value is -0.0400. The summed E-state index contributed by atoms with van der Waals surface area (Å²) in [6, 6.07) is 0. The molecule has 2 aliphatic heterocycles. The van der Waals surface area contributed by atoms with E-state index >= 15 is 0 Å². The lowest BCUT2D eigenvalue weighted by Gasteiger charge is -2.49. The minimum atomic E-state index is 1.09. The summed E-state index contributed by atoms with van der Waals surface area (Å²) in [5, 5.41) is 0. The molecule has 0 amide bonds. The summed E-state index contributed by atoms with van der Waals surface area (Å²) < 4.78 is 0. The van der Waals surface area contributed by atoms with Gasteiger partial charge in [-0.2, -0.15) is 0 Å². The molecule has 0 spiro atoms. The lowest BCUT2D eigenvalue weighted by Crippen LogP contribution is -2.50. The Morgan fingerprint density at radius 2 is 1.46 bits per heavy atom. The number of fused-ring (bicyclic) bond motifs is 4. The highest BCUT2D eigenvalue weighted by Gasteiger charge is 2.39. The lowest BCUT2D eigenvalue weighted by molar-refractivity contribution is 0.00296. The third-order valence-corrected chi connectivity index (χ3v) is 4.61. The molecule has 3 aliphatic rings. The van der Waals surface area contributed by atoms with Crippen molar-refractivity contribution in [2.75, 3.05) is 19.6 Å². The first-order valence-corrected chi connectivity index (χ1v) is 6.16. The zero-order valence-corrected chi connectivity index (χ0v) is 8.54. The monoisotopic (exact) mass is 179 g/mol. The van der Waals surface area contributed by atoms with Crippen molar-refractivity contribution >= 4 is 0 Å². The van der Waals surface area contributed by atoms with E-state index in [0.717, 1.165) is 17.8 Å². The van der Waals surface area contributed by atoms with Gasteiger partial charge in [0, 0.05) is 13.1 Å². The fraction of sp³-hybridized carbons (Fsp3) is 1.00. The maximum absolute atomic E-state index is 2.74. The van der Waals surface area contributed by atoms with Crippen LogP contribution in [0.5, 0.6) is 0 Å². The average Bonchev–Trinajstić information content (AvgIpc) is 2.18. The van der Waals surface area contributed by atoms with Gasteiger partial charge in [0.1, 0.15) is 0 Å². The molecular weight excluding hydrogens is 158 g/mol. The van der Waals surface area contributed by atoms with Gasteiger partial charge in [0.05, 0.1) is 0 Å². The fourth-order valence-corrected chi connectivity index (χ4v) is 4.02. The van der Waals surface area contributed by atoms with Crippen LogP contribution in [0.4, 0.5) is 0 Å². The molecule has 13 heavy (non-hydrogen) atoms. The molecule has 4 unspecified atom stereocenters. The molecule has 0 radical (unpaired) electrons. The van der Waals surface area contributed by atoms with E-state index in [1.165, 1.54) is 51.7 Å². The van der Waals surface area contributed by atoms with Gasteiger partial charge in [-0.15, -0.1) is 0 Å². The summed E-state index contributed by atoms with van der Waals surface area (Å²) in [5.41, 5.74) is 0. The van der Waals surface area contributed by atoms with Gasteiger partial charge in [-0.3, -0.25) is 0 Å². The molecule has 74 valence electrons. The highest BCUT2D eigenvalue weighted by molar-refractivity contribution is 4.91. The van der Waals surface area contributed by atoms with Gasteiger partial charge in [0.25, 0.3) is 0 Å². The highest BCUT2D eigenvalue weighted by Crippen LogP contribution is 2.42. The first kappa shape index (κ1) is 8.28. The van der Waals surface area contributed by atoms with Crippen molar-refractivity contribution in [1.82, 2.24) is 4.90 Å². The lowest BCUT2D eigenvalue weighted by atomic mass is 9.67. The largest absolute Gasteiger partial charge is 0.303 e. The first-order valence-electron chi connectivity index (χ1n) is 6.16. The van der Waals surface area contributed by atoms with Gasteiger partial charge in [0.15, 0.2) is 0 Å². The number of rotatable bonds is 0. The van der Waals surface area contributed by atoms with Crippen molar-refractivity contribution in [2.45, 2.75) is 38.5 Å². The zero-order valence-electron chi connectivity index (χ0n) is 8.54. The van der Waals surface area contributed by atoms with Crippen LogP contribution in [0.1, 0.15) is 38.5 Å². The molecule has 3 rings (SSSR count). The summed E-state index contributed by atoms with van der Waals surface area (Å²) >= 11 is 0. The molecule has 0 N–H and O–H groups in total. The van der Waals surface area contributed by atoms with Crippen molar-refractivity contribution < 1.29 is 0 Å². The van der Waals surface area contributed by atoms with Gasteiger partial charge in [0.2, 0.25) is 0 Å². The summed E-state index contributed by atoms with van der Waals surface area (Å²) in [7, 11) is 0. The van der Waals surface area contributed by atoms with Crippen LogP contribution in [0.25, 0.3) is 0 Å². The average molecular weight is 179 g/mol. The van der Waals surface area contributed by atoms with E-state index < -0.39 is 0 Å². The second-order valence-electron chi connectivity index (χ2n) is 5.37. The van der Waals surface area contributed by atoms with E-state index in [4.69, 9.17) is 0 Å². The Morgan fingerprint density at radius 1 is 0.769 bits per heavy atom. The summed E-state index contributed by atoms with van der Waals surface area (Å²) in [6.45, 7) is 4.29. The molecule has 0 aromatic heterocycles. The summed E-state index contributed by atoms with van der Waals surface area (Å²) in [5.74, 6) is 3.31. The first-order chi connectivity index (χ1) is 6.43. The second kappa shape index (κ2) is 3.27. The van der Waals surface area contributed by atoms with Crippen LogP contribution in [0, 0.1) is 17.8 Å². The molecule has 1 saturated carbocycles. The molecule has 1 aliphatic carbocycles. The van der Waals surface area contributed by atoms with Crippen LogP contribution in [0.2, 0.25) is 0 Å². The van der Waals surface area contributed by atoms with E-state index in [9.17, 15) is 0 Å². The second-order valence-corrected chi connectivity index (χ2v) is 5.37. The quantitative estimate of drug-likeness (QED) is 0.552. The van der Waals surface area contributed by atoms with Crippen LogP contribution in [0.15, 0.2) is 0 Å². The maximum atomic E-state index is 2.74. The number of hydrogen-bond acceptors (Lipinski definition) is 1. The Morgan fingerprint density at radius 3 is 2.31 bits per heavy atom. The molecule has 2 heterocycles. The van der Waals surface area contributed by atoms with Gasteiger partial charge in [-0.1, -0.05) is 12.8 Å². The fourth-order valence-electron chi connectivity index (χ4n) is 4.02. The van der Waals surface area contributed by atoms with Crippen LogP contribution in [-0.2, 0) is 0 Å². The molecule has 1 nitrogen and oxygen atoms in total. The Kier molecular flexibility index (Phi) is 2.08. The molecule has 4 atom stereocenters. The van der Waals surface area contributed by atoms with Gasteiger partial charge >= 0.3 is 0 Å². The minimum absolute atomic E-state index is 1.09. The summed E-state index contributed by atoms with van der Waals surface area (Å²) in [4.78, 5) is 2.74. The number of piperidine rings is 2. The smallest absolute Gasteiger partial charge is 0.00125 e. The topological polar surface area (TPSA) is 3.24 Å². The van der Waals surface area contributed by atoms with Crippen molar-refractivity contribution in [3.63, 3.8) is 0 Å². The molecule has 0 aromatic rings. The molecular formula is C12H21N. The van der Waals surface area contributed by atoms with E-state index in [-0.39, 0.29) is 0 Å². The van der Waals surface area contributed by atoms with E-state index in [1.807, 2.05) is 0 Å². The van der Waals surface area contributed by atoms with Crippen LogP contribution < -0.4 is 0 Å². The third-order valence-electron chi connectivity index (χ3n) is 4.61.